The number of hydrogen-bond donors (Lipinski definition) is 0. The Kier molecular flexibility index (Phi) is 7.54. The van der Waals surface area contributed by atoms with Crippen molar-refractivity contribution in [2.24, 2.45) is 0 Å². The normalized spacial score (nSPS) is 11.7. The highest BCUT2D eigenvalue weighted by Gasteiger charge is 2.19. The van der Waals surface area contributed by atoms with Crippen molar-refractivity contribution in [1.82, 2.24) is 4.57 Å². The average molecular weight is 753 g/mol. The van der Waals surface area contributed by atoms with Gasteiger partial charge in [-0.3, -0.25) is 0 Å². The van der Waals surface area contributed by atoms with E-state index in [1.54, 1.807) is 0 Å². The minimum atomic E-state index is 0.890. The minimum Gasteiger partial charge on any atom is -0.456 e. The summed E-state index contributed by atoms with van der Waals surface area (Å²) in [5.74, 6) is 0. The van der Waals surface area contributed by atoms with Crippen LogP contribution in [-0.2, 0) is 0 Å². The molecule has 0 N–H and O–H groups in total. The van der Waals surface area contributed by atoms with Crippen LogP contribution in [0.5, 0.6) is 0 Å². The summed E-state index contributed by atoms with van der Waals surface area (Å²) >= 11 is 0. The van der Waals surface area contributed by atoms with Crippen molar-refractivity contribution in [3.63, 3.8) is 0 Å². The van der Waals surface area contributed by atoms with Crippen molar-refractivity contribution >= 4 is 82.4 Å². The third kappa shape index (κ3) is 5.36. The smallest absolute Gasteiger partial charge is 0.136 e. The Balaban J connectivity index is 1.05. The summed E-state index contributed by atoms with van der Waals surface area (Å²) < 4.78 is 8.72. The largest absolute Gasteiger partial charge is 0.456 e. The summed E-state index contributed by atoms with van der Waals surface area (Å²) in [6, 6.07) is 78.8. The third-order valence-corrected chi connectivity index (χ3v) is 11.9. The molecule has 12 rings (SSSR count). The molecule has 0 amide bonds. The topological polar surface area (TPSA) is 21.3 Å². The zero-order chi connectivity index (χ0) is 38.9. The molecule has 0 aliphatic rings. The second-order valence-electron chi connectivity index (χ2n) is 15.3. The molecule has 0 radical (unpaired) electrons. The second-order valence-corrected chi connectivity index (χ2v) is 15.3. The molecule has 3 heteroatoms. The highest BCUT2D eigenvalue weighted by Crippen LogP contribution is 2.43. The van der Waals surface area contributed by atoms with E-state index in [4.69, 9.17) is 4.42 Å². The van der Waals surface area contributed by atoms with Crippen molar-refractivity contribution in [3.8, 4) is 27.9 Å². The first kappa shape index (κ1) is 33.3. The monoisotopic (exact) mass is 752 g/mol. The van der Waals surface area contributed by atoms with E-state index >= 15 is 0 Å². The van der Waals surface area contributed by atoms with Gasteiger partial charge >= 0.3 is 0 Å². The fourth-order valence-electron chi connectivity index (χ4n) is 9.33. The van der Waals surface area contributed by atoms with Crippen molar-refractivity contribution < 1.29 is 4.42 Å². The molecule has 0 atom stereocenters. The molecule has 10 aromatic carbocycles. The Hall–Kier alpha value is -7.88. The van der Waals surface area contributed by atoms with Crippen molar-refractivity contribution in [2.45, 2.75) is 0 Å². The lowest BCUT2D eigenvalue weighted by Gasteiger charge is -2.27. The molecule has 12 aromatic rings. The molecular formula is C56H36N2O. The van der Waals surface area contributed by atoms with E-state index in [1.165, 1.54) is 54.5 Å². The van der Waals surface area contributed by atoms with Crippen LogP contribution in [0.4, 0.5) is 17.1 Å². The predicted octanol–water partition coefficient (Wildman–Crippen LogP) is 15.8. The Bertz CT molecular complexity index is 3520. The van der Waals surface area contributed by atoms with Gasteiger partial charge in [0.2, 0.25) is 0 Å². The molecule has 0 aliphatic carbocycles. The van der Waals surface area contributed by atoms with E-state index < -0.39 is 0 Å². The first-order valence-electron chi connectivity index (χ1n) is 20.2. The number of furan rings is 1. The Morgan fingerprint density at radius 2 is 0.932 bits per heavy atom. The zero-order valence-electron chi connectivity index (χ0n) is 32.1. The van der Waals surface area contributed by atoms with Crippen LogP contribution in [0.1, 0.15) is 0 Å². The average Bonchev–Trinajstić information content (AvgIpc) is 3.86. The SMILES string of the molecule is c1cc(-c2cccc3oc4ccccc4c23)cc(N(c2ccc(-c3cc4ccccc4c4ccccc34)cc2)c2cccc(-n3c4ccccc4c4ccccc43)c2)c1. The van der Waals surface area contributed by atoms with E-state index in [-0.39, 0.29) is 0 Å². The molecule has 0 aliphatic heterocycles. The van der Waals surface area contributed by atoms with E-state index in [0.29, 0.717) is 0 Å². The number of aromatic nitrogens is 1. The van der Waals surface area contributed by atoms with Gasteiger partial charge in [-0.25, -0.2) is 0 Å². The maximum Gasteiger partial charge on any atom is 0.136 e. The van der Waals surface area contributed by atoms with Gasteiger partial charge < -0.3 is 13.9 Å². The van der Waals surface area contributed by atoms with Crippen LogP contribution in [0, 0.1) is 0 Å². The molecule has 276 valence electrons. The van der Waals surface area contributed by atoms with E-state index in [2.05, 4.69) is 216 Å². The highest BCUT2D eigenvalue weighted by molar-refractivity contribution is 6.15. The first-order valence-corrected chi connectivity index (χ1v) is 20.2. The maximum atomic E-state index is 6.33. The van der Waals surface area contributed by atoms with Crippen LogP contribution in [-0.4, -0.2) is 4.57 Å². The molecule has 0 saturated carbocycles. The maximum absolute atomic E-state index is 6.33. The number of rotatable bonds is 6. The molecule has 0 fully saturated rings. The Labute approximate surface area is 341 Å². The van der Waals surface area contributed by atoms with Crippen LogP contribution in [0.3, 0.4) is 0 Å². The molecular weight excluding hydrogens is 717 g/mol. The molecule has 2 aromatic heterocycles. The van der Waals surface area contributed by atoms with Crippen LogP contribution in [0.15, 0.2) is 223 Å². The standard InChI is InChI=1S/C56H36N2O/c1-2-19-44-39(14-1)35-51(47-21-4-3-20-46(44)47)37-30-32-40(33-31-37)57(41-16-11-15-38(34-41)45-25-13-29-55-56(45)50-24-7-10-28-54(50)59-55)42-17-12-18-43(36-42)58-52-26-8-5-22-48(52)49-23-6-9-27-53(49)58/h1-36H. The van der Waals surface area contributed by atoms with Gasteiger partial charge in [0.25, 0.3) is 0 Å². The van der Waals surface area contributed by atoms with Crippen molar-refractivity contribution in [3.05, 3.63) is 218 Å². The van der Waals surface area contributed by atoms with E-state index in [9.17, 15) is 0 Å². The van der Waals surface area contributed by atoms with E-state index in [1.807, 2.05) is 12.1 Å². The number of para-hydroxylation sites is 3. The fraction of sp³-hybridized carbons (Fsp3) is 0. The van der Waals surface area contributed by atoms with Crippen LogP contribution in [0.2, 0.25) is 0 Å². The van der Waals surface area contributed by atoms with E-state index in [0.717, 1.165) is 55.8 Å². The van der Waals surface area contributed by atoms with Gasteiger partial charge in [-0.2, -0.15) is 0 Å². The van der Waals surface area contributed by atoms with Gasteiger partial charge in [-0.15, -0.1) is 0 Å². The predicted molar refractivity (Wildman–Crippen MR) is 249 cm³/mol. The summed E-state index contributed by atoms with van der Waals surface area (Å²) in [7, 11) is 0. The fourth-order valence-corrected chi connectivity index (χ4v) is 9.33. The summed E-state index contributed by atoms with van der Waals surface area (Å²) in [4.78, 5) is 2.39. The number of nitrogens with zero attached hydrogens (tertiary/aromatic N) is 2. The number of anilines is 3. The molecule has 3 nitrogen and oxygen atoms in total. The number of benzene rings is 10. The lowest BCUT2D eigenvalue weighted by atomic mass is 9.93. The van der Waals surface area contributed by atoms with Gasteiger partial charge in [-0.1, -0.05) is 146 Å². The van der Waals surface area contributed by atoms with Gasteiger partial charge in [0.1, 0.15) is 11.2 Å². The molecule has 0 saturated heterocycles. The van der Waals surface area contributed by atoms with Crippen molar-refractivity contribution in [2.75, 3.05) is 4.90 Å². The van der Waals surface area contributed by atoms with Crippen LogP contribution in [0.25, 0.3) is 93.2 Å². The van der Waals surface area contributed by atoms with Crippen molar-refractivity contribution in [1.29, 1.82) is 0 Å². The molecule has 59 heavy (non-hydrogen) atoms. The molecule has 0 bridgehead atoms. The Morgan fingerprint density at radius 1 is 0.339 bits per heavy atom. The summed E-state index contributed by atoms with van der Waals surface area (Å²) in [5.41, 5.74) is 13.2. The quantitative estimate of drug-likeness (QED) is 0.158. The summed E-state index contributed by atoms with van der Waals surface area (Å²) in [6.45, 7) is 0. The highest BCUT2D eigenvalue weighted by atomic mass is 16.3. The van der Waals surface area contributed by atoms with Gasteiger partial charge in [0.05, 0.1) is 11.0 Å². The van der Waals surface area contributed by atoms with Gasteiger partial charge in [-0.05, 0) is 117 Å². The zero-order valence-corrected chi connectivity index (χ0v) is 32.1. The molecule has 0 unspecified atom stereocenters. The third-order valence-electron chi connectivity index (χ3n) is 11.9. The number of fused-ring (bicyclic) bond motifs is 9. The first-order chi connectivity index (χ1) is 29.3. The minimum absolute atomic E-state index is 0.890. The van der Waals surface area contributed by atoms with Crippen LogP contribution >= 0.6 is 0 Å². The number of hydrogen-bond acceptors (Lipinski definition) is 2. The summed E-state index contributed by atoms with van der Waals surface area (Å²) in [6.07, 6.45) is 0. The van der Waals surface area contributed by atoms with Gasteiger partial charge in [0.15, 0.2) is 0 Å². The Morgan fingerprint density at radius 3 is 1.71 bits per heavy atom. The lowest BCUT2D eigenvalue weighted by molar-refractivity contribution is 0.669. The second kappa shape index (κ2) is 13.4. The molecule has 0 spiro atoms. The molecule has 2 heterocycles. The summed E-state index contributed by atoms with van der Waals surface area (Å²) in [5, 5.41) is 9.78. The van der Waals surface area contributed by atoms with Crippen LogP contribution < -0.4 is 4.90 Å². The lowest BCUT2D eigenvalue weighted by Crippen LogP contribution is -2.10. The van der Waals surface area contributed by atoms with Gasteiger partial charge in [0, 0.05) is 44.3 Å².